The highest BCUT2D eigenvalue weighted by molar-refractivity contribution is 5.95. The van der Waals surface area contributed by atoms with E-state index in [0.717, 1.165) is 32.9 Å². The summed E-state index contributed by atoms with van der Waals surface area (Å²) < 4.78 is 0. The Labute approximate surface area is 229 Å². The first-order valence-corrected chi connectivity index (χ1v) is 12.8. The van der Waals surface area contributed by atoms with Crippen LogP contribution in [0.5, 0.6) is 0 Å². The summed E-state index contributed by atoms with van der Waals surface area (Å²) in [7, 11) is 0. The number of hydrogen-bond acceptors (Lipinski definition) is 6. The van der Waals surface area contributed by atoms with E-state index in [2.05, 4.69) is 25.9 Å². The van der Waals surface area contributed by atoms with Crippen LogP contribution >= 0.6 is 0 Å². The number of H-pyrrole nitrogens is 2. The Hall–Kier alpha value is -4.68. The monoisotopic (exact) mass is 548 g/mol. The first kappa shape index (κ1) is 28.3. The van der Waals surface area contributed by atoms with Crippen LogP contribution in [-0.4, -0.2) is 74.6 Å². The number of aliphatic hydroxyl groups excluding tert-OH is 1. The van der Waals surface area contributed by atoms with Gasteiger partial charge in [-0.15, -0.1) is 0 Å². The molecule has 0 saturated heterocycles. The fourth-order valence-electron chi connectivity index (χ4n) is 4.50. The normalized spacial score (nSPS) is 14.3. The molecule has 4 aromatic rings. The third-order valence-electron chi connectivity index (χ3n) is 6.70. The number of fused-ring (bicyclic) bond motifs is 2. The molecule has 40 heavy (non-hydrogen) atoms. The molecule has 0 aliphatic rings. The van der Waals surface area contributed by atoms with E-state index in [1.165, 1.54) is 6.92 Å². The molecule has 2 aromatic carbocycles. The van der Waals surface area contributed by atoms with Crippen LogP contribution < -0.4 is 21.7 Å². The van der Waals surface area contributed by atoms with Crippen molar-refractivity contribution >= 4 is 45.5 Å². The molecule has 4 rings (SSSR count). The molecular formula is C28H32N6O6. The van der Waals surface area contributed by atoms with Crippen molar-refractivity contribution < 1.29 is 29.4 Å². The summed E-state index contributed by atoms with van der Waals surface area (Å²) in [6.07, 6.45) is 2.41. The number of rotatable bonds is 12. The Morgan fingerprint density at radius 3 is 1.77 bits per heavy atom. The Bertz CT molecular complexity index is 1530. The summed E-state index contributed by atoms with van der Waals surface area (Å²) in [5.41, 5.74) is 8.97. The number of benzene rings is 2. The van der Waals surface area contributed by atoms with E-state index in [1.807, 2.05) is 48.5 Å². The second-order valence-corrected chi connectivity index (χ2v) is 9.63. The van der Waals surface area contributed by atoms with Crippen LogP contribution in [0, 0.1) is 0 Å². The van der Waals surface area contributed by atoms with Crippen molar-refractivity contribution in [1.82, 2.24) is 25.9 Å². The number of para-hydroxylation sites is 2. The number of nitrogens with one attached hydrogen (secondary N) is 5. The lowest BCUT2D eigenvalue weighted by atomic mass is 10.0. The number of carboxylic acids is 1. The van der Waals surface area contributed by atoms with Crippen LogP contribution in [0.1, 0.15) is 18.1 Å². The summed E-state index contributed by atoms with van der Waals surface area (Å²) in [4.78, 5) is 56.8. The Kier molecular flexibility index (Phi) is 8.82. The van der Waals surface area contributed by atoms with Crippen LogP contribution in [0.2, 0.25) is 0 Å². The summed E-state index contributed by atoms with van der Waals surface area (Å²) in [6.45, 7) is 0.737. The number of carbonyl (C=O) groups is 4. The van der Waals surface area contributed by atoms with Crippen LogP contribution in [0.15, 0.2) is 60.9 Å². The smallest absolute Gasteiger partial charge is 0.322 e. The van der Waals surface area contributed by atoms with Gasteiger partial charge < -0.3 is 41.9 Å². The fraction of sp³-hybridized carbons (Fsp3) is 0.286. The number of carboxylic acid groups (broad SMARTS) is 1. The van der Waals surface area contributed by atoms with Gasteiger partial charge in [0.05, 0.1) is 6.10 Å². The second kappa shape index (κ2) is 12.5. The van der Waals surface area contributed by atoms with Crippen molar-refractivity contribution in [2.45, 2.75) is 44.0 Å². The number of hydrogen-bond donors (Lipinski definition) is 8. The van der Waals surface area contributed by atoms with Gasteiger partial charge in [0.2, 0.25) is 17.7 Å². The van der Waals surface area contributed by atoms with Gasteiger partial charge in [-0.05, 0) is 30.2 Å². The van der Waals surface area contributed by atoms with Gasteiger partial charge in [-0.1, -0.05) is 36.4 Å². The summed E-state index contributed by atoms with van der Waals surface area (Å²) in [5.74, 6) is -3.34. The van der Waals surface area contributed by atoms with Crippen LogP contribution in [0.3, 0.4) is 0 Å². The summed E-state index contributed by atoms with van der Waals surface area (Å²) >= 11 is 0. The molecule has 0 fully saturated rings. The van der Waals surface area contributed by atoms with Crippen molar-refractivity contribution in [3.63, 3.8) is 0 Å². The highest BCUT2D eigenvalue weighted by Gasteiger charge is 2.30. The van der Waals surface area contributed by atoms with E-state index < -0.39 is 54.5 Å². The predicted octanol–water partition coefficient (Wildman–Crippen LogP) is 0.313. The average molecular weight is 549 g/mol. The standard InChI is InChI=1S/C28H32N6O6/c1-15(35)25(29)28(40)34-23(11-17-13-31-21-9-5-3-7-19(17)21)27(39)33-22(26(38)32-14-24(36)37)10-16-12-30-20-8-4-2-6-18(16)20/h2-9,12-13,15,22-23,25,30-31,35H,10-11,14,29H2,1H3,(H,32,38)(H,33,39)(H,34,40)(H,36,37). The van der Waals surface area contributed by atoms with Gasteiger partial charge in [-0.3, -0.25) is 19.2 Å². The van der Waals surface area contributed by atoms with E-state index in [1.54, 1.807) is 12.4 Å². The SMILES string of the molecule is CC(O)C(N)C(=O)NC(Cc1c[nH]c2ccccc12)C(=O)NC(Cc1c[nH]c2ccccc12)C(=O)NCC(=O)O. The van der Waals surface area contributed by atoms with Crippen molar-refractivity contribution in [3.8, 4) is 0 Å². The van der Waals surface area contributed by atoms with E-state index in [9.17, 15) is 24.3 Å². The lowest BCUT2D eigenvalue weighted by Crippen LogP contribution is -2.58. The topological polar surface area (TPSA) is 202 Å². The molecule has 12 nitrogen and oxygen atoms in total. The number of nitrogens with two attached hydrogens (primary N) is 1. The number of aromatic nitrogens is 2. The minimum Gasteiger partial charge on any atom is -0.480 e. The number of aromatic amines is 2. The van der Waals surface area contributed by atoms with Crippen molar-refractivity contribution in [1.29, 1.82) is 0 Å². The molecular weight excluding hydrogens is 516 g/mol. The van der Waals surface area contributed by atoms with Gasteiger partial charge in [-0.25, -0.2) is 0 Å². The number of amides is 3. The molecule has 3 amide bonds. The molecule has 0 spiro atoms. The Morgan fingerprint density at radius 2 is 1.27 bits per heavy atom. The molecule has 4 unspecified atom stereocenters. The second-order valence-electron chi connectivity index (χ2n) is 9.63. The first-order chi connectivity index (χ1) is 19.1. The Balaban J connectivity index is 1.61. The van der Waals surface area contributed by atoms with E-state index >= 15 is 0 Å². The zero-order valence-electron chi connectivity index (χ0n) is 21.8. The molecule has 2 aromatic heterocycles. The molecule has 0 saturated carbocycles. The van der Waals surface area contributed by atoms with Crippen LogP contribution in [0.4, 0.5) is 0 Å². The fourth-order valence-corrected chi connectivity index (χ4v) is 4.50. The zero-order valence-corrected chi connectivity index (χ0v) is 21.8. The molecule has 2 heterocycles. The van der Waals surface area contributed by atoms with E-state index in [4.69, 9.17) is 10.8 Å². The highest BCUT2D eigenvalue weighted by Crippen LogP contribution is 2.21. The molecule has 0 radical (unpaired) electrons. The molecule has 9 N–H and O–H groups in total. The van der Waals surface area contributed by atoms with Gasteiger partial charge in [0, 0.05) is 47.0 Å². The molecule has 4 atom stereocenters. The molecule has 0 aliphatic heterocycles. The van der Waals surface area contributed by atoms with Crippen LogP contribution in [0.25, 0.3) is 21.8 Å². The zero-order chi connectivity index (χ0) is 28.8. The van der Waals surface area contributed by atoms with Gasteiger partial charge in [0.15, 0.2) is 0 Å². The van der Waals surface area contributed by atoms with E-state index in [0.29, 0.717) is 0 Å². The average Bonchev–Trinajstić information content (AvgIpc) is 3.54. The van der Waals surface area contributed by atoms with E-state index in [-0.39, 0.29) is 12.8 Å². The lowest BCUT2D eigenvalue weighted by Gasteiger charge is -2.24. The van der Waals surface area contributed by atoms with Crippen molar-refractivity contribution in [2.75, 3.05) is 6.54 Å². The minimum absolute atomic E-state index is 0.0577. The third-order valence-corrected chi connectivity index (χ3v) is 6.70. The number of carbonyl (C=O) groups excluding carboxylic acids is 3. The Morgan fingerprint density at radius 1 is 0.800 bits per heavy atom. The first-order valence-electron chi connectivity index (χ1n) is 12.8. The van der Waals surface area contributed by atoms with Crippen LogP contribution in [-0.2, 0) is 32.0 Å². The third kappa shape index (κ3) is 6.65. The highest BCUT2D eigenvalue weighted by atomic mass is 16.4. The largest absolute Gasteiger partial charge is 0.480 e. The maximum absolute atomic E-state index is 13.6. The molecule has 210 valence electrons. The lowest BCUT2D eigenvalue weighted by molar-refractivity contribution is -0.138. The summed E-state index contributed by atoms with van der Waals surface area (Å²) in [5, 5.41) is 28.2. The van der Waals surface area contributed by atoms with Crippen molar-refractivity contribution in [3.05, 3.63) is 72.1 Å². The molecule has 12 heteroatoms. The molecule has 0 aliphatic carbocycles. The summed E-state index contributed by atoms with van der Waals surface area (Å²) in [6, 6.07) is 11.3. The molecule has 0 bridgehead atoms. The van der Waals surface area contributed by atoms with Gasteiger partial charge in [0.25, 0.3) is 0 Å². The number of aliphatic hydroxyl groups is 1. The van der Waals surface area contributed by atoms with Gasteiger partial charge in [-0.2, -0.15) is 0 Å². The van der Waals surface area contributed by atoms with Crippen molar-refractivity contribution in [2.24, 2.45) is 5.73 Å². The predicted molar refractivity (Wildman–Crippen MR) is 148 cm³/mol. The maximum atomic E-state index is 13.6. The van der Waals surface area contributed by atoms with Gasteiger partial charge >= 0.3 is 5.97 Å². The van der Waals surface area contributed by atoms with Gasteiger partial charge in [0.1, 0.15) is 24.7 Å². The number of aliphatic carboxylic acids is 1. The minimum atomic E-state index is -1.28. The maximum Gasteiger partial charge on any atom is 0.322 e. The quantitative estimate of drug-likeness (QED) is 0.124.